The number of thiophene rings is 1. The maximum absolute atomic E-state index is 13.6. The van der Waals surface area contributed by atoms with Gasteiger partial charge in [-0.3, -0.25) is 9.58 Å². The Balaban J connectivity index is 1.48. The minimum absolute atomic E-state index is 0.00548. The van der Waals surface area contributed by atoms with Crippen LogP contribution in [0.25, 0.3) is 0 Å². The summed E-state index contributed by atoms with van der Waals surface area (Å²) in [6.45, 7) is 6.29. The van der Waals surface area contributed by atoms with Gasteiger partial charge in [0.1, 0.15) is 16.6 Å². The molecule has 4 rings (SSSR count). The van der Waals surface area contributed by atoms with Crippen LogP contribution in [0, 0.1) is 0 Å². The number of halogens is 3. The number of aromatic nitrogens is 2. The molecule has 1 spiro atoms. The molecule has 0 amide bonds. The molecular weight excluding hydrogens is 471 g/mol. The van der Waals surface area contributed by atoms with Crippen molar-refractivity contribution in [1.82, 2.24) is 14.7 Å². The van der Waals surface area contributed by atoms with E-state index in [1.807, 2.05) is 13.1 Å². The molecule has 0 aliphatic carbocycles. The second-order valence-corrected chi connectivity index (χ2v) is 11.0. The number of hydrogen-bond acceptors (Lipinski definition) is 7. The van der Waals surface area contributed by atoms with Gasteiger partial charge in [0, 0.05) is 41.3 Å². The molecule has 0 bridgehead atoms. The first-order valence-corrected chi connectivity index (χ1v) is 12.3. The monoisotopic (exact) mass is 503 g/mol. The lowest BCUT2D eigenvalue weighted by atomic mass is 9.81. The van der Waals surface area contributed by atoms with Crippen molar-refractivity contribution in [3.8, 4) is 0 Å². The number of ether oxygens (including phenoxy) is 1. The molecule has 2 aromatic heterocycles. The predicted molar refractivity (Wildman–Crippen MR) is 120 cm³/mol. The zero-order chi connectivity index (χ0) is 24.9. The Morgan fingerprint density at radius 1 is 1.35 bits per heavy atom. The number of rotatable bonds is 6. The Labute approximate surface area is 200 Å². The molecule has 1 unspecified atom stereocenters. The lowest BCUT2D eigenvalue weighted by molar-refractivity contribution is -0.135. The molecule has 7 nitrogen and oxygen atoms in total. The van der Waals surface area contributed by atoms with Crippen LogP contribution in [-0.2, 0) is 42.6 Å². The maximum Gasteiger partial charge on any atom is 0.425 e. The second kappa shape index (κ2) is 9.18. The highest BCUT2D eigenvalue weighted by Gasteiger charge is 2.48. The average molecular weight is 504 g/mol. The van der Waals surface area contributed by atoms with E-state index in [4.69, 9.17) is 4.74 Å². The first kappa shape index (κ1) is 25.6. The Morgan fingerprint density at radius 3 is 2.71 bits per heavy atom. The molecule has 0 radical (unpaired) electrons. The topological polar surface area (TPSA) is 91.0 Å². The molecule has 3 N–H and O–H groups in total. The molecule has 4 heterocycles. The van der Waals surface area contributed by atoms with Gasteiger partial charge in [-0.15, -0.1) is 11.3 Å². The van der Waals surface area contributed by atoms with Crippen LogP contribution in [0.4, 0.5) is 13.2 Å². The van der Waals surface area contributed by atoms with Gasteiger partial charge in [-0.25, -0.2) is 0 Å². The largest absolute Gasteiger partial charge is 0.425 e. The van der Waals surface area contributed by atoms with E-state index in [2.05, 4.69) is 10.00 Å². The summed E-state index contributed by atoms with van der Waals surface area (Å²) in [6, 6.07) is 0.0547. The summed E-state index contributed by atoms with van der Waals surface area (Å²) < 4.78 is 48.6. The standard InChI is InChI=1S/C23H32F3N3O4S/c1-14-8-22(19-16(4-7-33-22)17(13-30)20(34-19)23(24,25)26)5-6-28(14)10-15-9-27-29(11-15)12-18(31)21(2,3)32/h9,11,14,18,30-32H,4-8,10,12-13H2,1-3H3/t14-,18?,22+/m0/s1. The molecule has 2 aromatic rings. The lowest BCUT2D eigenvalue weighted by Gasteiger charge is -2.47. The molecule has 11 heteroatoms. The fraction of sp³-hybridized carbons (Fsp3) is 0.696. The Bertz CT molecular complexity index is 1020. The SMILES string of the molecule is C[C@H]1C[C@@]2(CCN1Cc1cnn(CC(O)C(C)(C)O)c1)OCCc1c2sc(C(F)(F)F)c1CO. The van der Waals surface area contributed by atoms with Crippen LogP contribution in [0.5, 0.6) is 0 Å². The minimum atomic E-state index is -4.49. The number of aliphatic hydroxyl groups excluding tert-OH is 2. The van der Waals surface area contributed by atoms with E-state index in [1.54, 1.807) is 24.7 Å². The first-order valence-electron chi connectivity index (χ1n) is 11.5. The quantitative estimate of drug-likeness (QED) is 0.562. The predicted octanol–water partition coefficient (Wildman–Crippen LogP) is 3.04. The highest BCUT2D eigenvalue weighted by Crippen LogP contribution is 2.51. The van der Waals surface area contributed by atoms with Crippen molar-refractivity contribution in [2.45, 2.75) is 89.3 Å². The summed E-state index contributed by atoms with van der Waals surface area (Å²) >= 11 is 0.731. The minimum Gasteiger partial charge on any atom is -0.392 e. The molecule has 0 aromatic carbocycles. The number of alkyl halides is 3. The van der Waals surface area contributed by atoms with Crippen LogP contribution >= 0.6 is 11.3 Å². The van der Waals surface area contributed by atoms with E-state index in [9.17, 15) is 28.5 Å². The number of nitrogens with zero attached hydrogens (tertiary/aromatic N) is 3. The van der Waals surface area contributed by atoms with Crippen LogP contribution in [0.3, 0.4) is 0 Å². The van der Waals surface area contributed by atoms with Crippen LogP contribution in [0.15, 0.2) is 12.4 Å². The van der Waals surface area contributed by atoms with Gasteiger partial charge in [0.15, 0.2) is 0 Å². The molecular formula is C23H32F3N3O4S. The van der Waals surface area contributed by atoms with Gasteiger partial charge >= 0.3 is 6.18 Å². The number of aliphatic hydroxyl groups is 3. The smallest absolute Gasteiger partial charge is 0.392 e. The van der Waals surface area contributed by atoms with Crippen molar-refractivity contribution in [1.29, 1.82) is 0 Å². The van der Waals surface area contributed by atoms with E-state index in [-0.39, 0.29) is 18.2 Å². The third-order valence-electron chi connectivity index (χ3n) is 6.98. The van der Waals surface area contributed by atoms with E-state index in [0.29, 0.717) is 49.4 Å². The Hall–Kier alpha value is -1.50. The number of piperidine rings is 1. The van der Waals surface area contributed by atoms with E-state index in [0.717, 1.165) is 16.9 Å². The molecule has 2 aliphatic rings. The van der Waals surface area contributed by atoms with Gasteiger partial charge in [-0.1, -0.05) is 0 Å². The second-order valence-electron chi connectivity index (χ2n) is 9.98. The maximum atomic E-state index is 13.6. The van der Waals surface area contributed by atoms with Crippen LogP contribution in [0.2, 0.25) is 0 Å². The fourth-order valence-corrected chi connectivity index (χ4v) is 6.40. The summed E-state index contributed by atoms with van der Waals surface area (Å²) in [5.74, 6) is 0. The lowest BCUT2D eigenvalue weighted by Crippen LogP contribution is -2.50. The van der Waals surface area contributed by atoms with Crippen molar-refractivity contribution < 1.29 is 33.2 Å². The van der Waals surface area contributed by atoms with Gasteiger partial charge in [-0.2, -0.15) is 18.3 Å². The summed E-state index contributed by atoms with van der Waals surface area (Å²) in [5.41, 5.74) is -0.425. The summed E-state index contributed by atoms with van der Waals surface area (Å²) in [7, 11) is 0. The van der Waals surface area contributed by atoms with Gasteiger partial charge < -0.3 is 20.1 Å². The number of hydrogen-bond donors (Lipinski definition) is 3. The molecule has 0 saturated carbocycles. The van der Waals surface area contributed by atoms with Gasteiger partial charge in [-0.05, 0) is 45.6 Å². The third kappa shape index (κ3) is 4.91. The zero-order valence-corrected chi connectivity index (χ0v) is 20.4. The molecule has 3 atom stereocenters. The van der Waals surface area contributed by atoms with Gasteiger partial charge in [0.05, 0.1) is 31.6 Å². The summed E-state index contributed by atoms with van der Waals surface area (Å²) in [4.78, 5) is 2.16. The van der Waals surface area contributed by atoms with Gasteiger partial charge in [0.25, 0.3) is 0 Å². The molecule has 190 valence electrons. The highest BCUT2D eigenvalue weighted by atomic mass is 32.1. The van der Waals surface area contributed by atoms with E-state index >= 15 is 0 Å². The van der Waals surface area contributed by atoms with Crippen molar-refractivity contribution >= 4 is 11.3 Å². The molecule has 1 saturated heterocycles. The van der Waals surface area contributed by atoms with Crippen molar-refractivity contribution in [3.63, 3.8) is 0 Å². The van der Waals surface area contributed by atoms with Crippen LogP contribution in [0.1, 0.15) is 60.1 Å². The number of fused-ring (bicyclic) bond motifs is 2. The molecule has 2 aliphatic heterocycles. The third-order valence-corrected chi connectivity index (χ3v) is 8.48. The normalized spacial score (nSPS) is 25.0. The van der Waals surface area contributed by atoms with Crippen LogP contribution in [-0.4, -0.2) is 60.9 Å². The molecule has 1 fully saturated rings. The highest BCUT2D eigenvalue weighted by molar-refractivity contribution is 7.12. The zero-order valence-electron chi connectivity index (χ0n) is 19.6. The van der Waals surface area contributed by atoms with Crippen molar-refractivity contribution in [2.75, 3.05) is 13.2 Å². The first-order chi connectivity index (χ1) is 15.8. The summed E-state index contributed by atoms with van der Waals surface area (Å²) in [5, 5.41) is 34.0. The Morgan fingerprint density at radius 2 is 2.09 bits per heavy atom. The van der Waals surface area contributed by atoms with Crippen molar-refractivity contribution in [2.24, 2.45) is 0 Å². The van der Waals surface area contributed by atoms with Crippen LogP contribution < -0.4 is 0 Å². The molecule has 34 heavy (non-hydrogen) atoms. The van der Waals surface area contributed by atoms with Crippen molar-refractivity contribution in [3.05, 3.63) is 38.8 Å². The number of likely N-dealkylation sites (tertiary alicyclic amines) is 1. The fourth-order valence-electron chi connectivity index (χ4n) is 4.99. The summed E-state index contributed by atoms with van der Waals surface area (Å²) in [6.07, 6.45) is -0.370. The average Bonchev–Trinajstić information content (AvgIpc) is 3.34. The Kier molecular flexibility index (Phi) is 6.91. The van der Waals surface area contributed by atoms with E-state index in [1.165, 1.54) is 0 Å². The van der Waals surface area contributed by atoms with Gasteiger partial charge in [0.2, 0.25) is 0 Å². The van der Waals surface area contributed by atoms with E-state index < -0.39 is 35.0 Å².